The monoisotopic (exact) mass is 154 g/mol. The standard InChI is InChI=1S/C5H6N4O2/c10-9(11)5-3-6-4-1-2-7-8(4)5/h1-2,5-6H,3H2/t5-/m0/s1. The van der Waals surface area contributed by atoms with Crippen molar-refractivity contribution >= 4 is 5.82 Å². The highest BCUT2D eigenvalue weighted by atomic mass is 16.6. The van der Waals surface area contributed by atoms with Crippen LogP contribution in [0.4, 0.5) is 5.82 Å². The first kappa shape index (κ1) is 6.14. The first-order valence-electron chi connectivity index (χ1n) is 3.20. The van der Waals surface area contributed by atoms with Gasteiger partial charge in [0.25, 0.3) is 0 Å². The van der Waals surface area contributed by atoms with Crippen LogP contribution in [0, 0.1) is 10.1 Å². The number of hydrogen-bond acceptors (Lipinski definition) is 4. The zero-order valence-electron chi connectivity index (χ0n) is 5.60. The molecule has 1 N–H and O–H groups in total. The summed E-state index contributed by atoms with van der Waals surface area (Å²) in [5.74, 6) is 0.715. The Bertz CT molecular complexity index is 294. The molecule has 58 valence electrons. The van der Waals surface area contributed by atoms with E-state index < -0.39 is 6.17 Å². The molecule has 2 rings (SSSR count). The zero-order chi connectivity index (χ0) is 7.84. The van der Waals surface area contributed by atoms with E-state index in [9.17, 15) is 10.1 Å². The van der Waals surface area contributed by atoms with Crippen LogP contribution < -0.4 is 5.32 Å². The van der Waals surface area contributed by atoms with Gasteiger partial charge in [-0.15, -0.1) is 0 Å². The first-order valence-corrected chi connectivity index (χ1v) is 3.20. The lowest BCUT2D eigenvalue weighted by Crippen LogP contribution is -2.18. The van der Waals surface area contributed by atoms with Crippen molar-refractivity contribution in [1.29, 1.82) is 0 Å². The fourth-order valence-electron chi connectivity index (χ4n) is 1.14. The van der Waals surface area contributed by atoms with Crippen molar-refractivity contribution in [2.24, 2.45) is 0 Å². The molecule has 0 spiro atoms. The van der Waals surface area contributed by atoms with E-state index in [0.717, 1.165) is 0 Å². The molecular formula is C5H6N4O2. The molecule has 0 saturated carbocycles. The van der Waals surface area contributed by atoms with E-state index in [1.807, 2.05) is 0 Å². The minimum atomic E-state index is -0.736. The number of nitro groups is 1. The quantitative estimate of drug-likeness (QED) is 0.459. The maximum Gasteiger partial charge on any atom is 0.323 e. The van der Waals surface area contributed by atoms with Crippen LogP contribution in [-0.2, 0) is 0 Å². The Hall–Kier alpha value is -1.59. The maximum atomic E-state index is 10.4. The van der Waals surface area contributed by atoms with Crippen LogP contribution in [0.15, 0.2) is 12.3 Å². The van der Waals surface area contributed by atoms with Crippen LogP contribution in [0.25, 0.3) is 0 Å². The molecule has 1 aliphatic heterocycles. The van der Waals surface area contributed by atoms with Gasteiger partial charge in [0.05, 0.1) is 6.20 Å². The minimum absolute atomic E-state index is 0.330. The molecule has 0 fully saturated rings. The number of nitrogens with zero attached hydrogens (tertiary/aromatic N) is 3. The van der Waals surface area contributed by atoms with E-state index in [1.165, 1.54) is 10.9 Å². The van der Waals surface area contributed by atoms with Gasteiger partial charge < -0.3 is 5.32 Å². The van der Waals surface area contributed by atoms with Gasteiger partial charge in [0.2, 0.25) is 0 Å². The predicted molar refractivity (Wildman–Crippen MR) is 36.7 cm³/mol. The first-order chi connectivity index (χ1) is 5.29. The Morgan fingerprint density at radius 1 is 1.91 bits per heavy atom. The molecule has 0 bridgehead atoms. The number of aromatic nitrogens is 2. The van der Waals surface area contributed by atoms with Crippen molar-refractivity contribution < 1.29 is 4.92 Å². The van der Waals surface area contributed by atoms with Crippen LogP contribution in [0.3, 0.4) is 0 Å². The largest absolute Gasteiger partial charge is 0.361 e. The Kier molecular flexibility index (Phi) is 1.09. The van der Waals surface area contributed by atoms with E-state index in [4.69, 9.17) is 0 Å². The lowest BCUT2D eigenvalue weighted by Gasteiger charge is -1.99. The second-order valence-corrected chi connectivity index (χ2v) is 2.31. The topological polar surface area (TPSA) is 73.0 Å². The summed E-state index contributed by atoms with van der Waals surface area (Å²) in [6.07, 6.45) is 0.804. The van der Waals surface area contributed by atoms with Gasteiger partial charge in [0.15, 0.2) is 0 Å². The van der Waals surface area contributed by atoms with Crippen molar-refractivity contribution in [1.82, 2.24) is 9.78 Å². The Labute approximate surface area is 62.0 Å². The van der Waals surface area contributed by atoms with Gasteiger partial charge in [-0.2, -0.15) is 9.78 Å². The Balaban J connectivity index is 2.38. The van der Waals surface area contributed by atoms with Crippen LogP contribution in [-0.4, -0.2) is 21.2 Å². The molecular weight excluding hydrogens is 148 g/mol. The summed E-state index contributed by atoms with van der Waals surface area (Å²) in [7, 11) is 0. The summed E-state index contributed by atoms with van der Waals surface area (Å²) < 4.78 is 1.38. The van der Waals surface area contributed by atoms with Gasteiger partial charge in [-0.25, -0.2) is 0 Å². The molecule has 11 heavy (non-hydrogen) atoms. The van der Waals surface area contributed by atoms with Crippen molar-refractivity contribution in [3.63, 3.8) is 0 Å². The third kappa shape index (κ3) is 0.754. The fourth-order valence-corrected chi connectivity index (χ4v) is 1.14. The molecule has 0 aromatic carbocycles. The second-order valence-electron chi connectivity index (χ2n) is 2.31. The number of anilines is 1. The van der Waals surface area contributed by atoms with Crippen LogP contribution in [0.5, 0.6) is 0 Å². The highest BCUT2D eigenvalue weighted by molar-refractivity contribution is 5.37. The van der Waals surface area contributed by atoms with Gasteiger partial charge in [-0.05, 0) is 0 Å². The summed E-state index contributed by atoms with van der Waals surface area (Å²) >= 11 is 0. The average molecular weight is 154 g/mol. The van der Waals surface area contributed by atoms with E-state index in [0.29, 0.717) is 12.4 Å². The second kappa shape index (κ2) is 1.94. The molecule has 1 aromatic rings. The molecule has 1 aromatic heterocycles. The van der Waals surface area contributed by atoms with E-state index in [2.05, 4.69) is 10.4 Å². The van der Waals surface area contributed by atoms with Gasteiger partial charge in [0, 0.05) is 11.0 Å². The molecule has 1 atom stereocenters. The average Bonchev–Trinajstić information content (AvgIpc) is 2.41. The Morgan fingerprint density at radius 3 is 3.45 bits per heavy atom. The summed E-state index contributed by atoms with van der Waals surface area (Å²) in [5.41, 5.74) is 0. The molecule has 0 radical (unpaired) electrons. The molecule has 0 aliphatic carbocycles. The lowest BCUT2D eigenvalue weighted by molar-refractivity contribution is -0.543. The lowest BCUT2D eigenvalue weighted by atomic mass is 10.5. The van der Waals surface area contributed by atoms with Crippen LogP contribution in [0.1, 0.15) is 6.17 Å². The van der Waals surface area contributed by atoms with E-state index in [-0.39, 0.29) is 4.92 Å². The summed E-state index contributed by atoms with van der Waals surface area (Å²) in [4.78, 5) is 10.0. The fraction of sp³-hybridized carbons (Fsp3) is 0.400. The normalized spacial score (nSPS) is 20.9. The molecule has 0 saturated heterocycles. The summed E-state index contributed by atoms with van der Waals surface area (Å²) in [6, 6.07) is 1.71. The SMILES string of the molecule is O=[N+]([O-])[C@H]1CNc2ccnn21. The smallest absolute Gasteiger partial charge is 0.323 e. The molecule has 2 heterocycles. The number of fused-ring (bicyclic) bond motifs is 1. The zero-order valence-corrected chi connectivity index (χ0v) is 5.60. The molecule has 0 amide bonds. The van der Waals surface area contributed by atoms with Crippen LogP contribution >= 0.6 is 0 Å². The molecule has 6 nitrogen and oxygen atoms in total. The van der Waals surface area contributed by atoms with Gasteiger partial charge >= 0.3 is 6.17 Å². The van der Waals surface area contributed by atoms with Gasteiger partial charge in [-0.1, -0.05) is 0 Å². The predicted octanol–water partition coefficient (Wildman–Crippen LogP) is 0.0839. The van der Waals surface area contributed by atoms with E-state index in [1.54, 1.807) is 6.07 Å². The van der Waals surface area contributed by atoms with Crippen molar-refractivity contribution in [3.8, 4) is 0 Å². The summed E-state index contributed by atoms with van der Waals surface area (Å²) in [5, 5.41) is 17.0. The third-order valence-corrected chi connectivity index (χ3v) is 1.66. The number of hydrogen-bond donors (Lipinski definition) is 1. The highest BCUT2D eigenvalue weighted by Gasteiger charge is 2.30. The van der Waals surface area contributed by atoms with E-state index >= 15 is 0 Å². The molecule has 1 aliphatic rings. The number of nitrogens with one attached hydrogen (secondary N) is 1. The number of rotatable bonds is 1. The van der Waals surface area contributed by atoms with Crippen LogP contribution in [0.2, 0.25) is 0 Å². The molecule has 0 unspecified atom stereocenters. The maximum absolute atomic E-state index is 10.4. The van der Waals surface area contributed by atoms with Crippen molar-refractivity contribution in [2.75, 3.05) is 11.9 Å². The van der Waals surface area contributed by atoms with Crippen molar-refractivity contribution in [3.05, 3.63) is 22.4 Å². The highest BCUT2D eigenvalue weighted by Crippen LogP contribution is 2.21. The summed E-state index contributed by atoms with van der Waals surface area (Å²) in [6.45, 7) is 0.330. The minimum Gasteiger partial charge on any atom is -0.361 e. The van der Waals surface area contributed by atoms with Gasteiger partial charge in [0.1, 0.15) is 12.4 Å². The molecule has 6 heteroatoms. The van der Waals surface area contributed by atoms with Gasteiger partial charge in [-0.3, -0.25) is 10.1 Å². The Morgan fingerprint density at radius 2 is 2.73 bits per heavy atom. The third-order valence-electron chi connectivity index (χ3n) is 1.66. The van der Waals surface area contributed by atoms with Crippen molar-refractivity contribution in [2.45, 2.75) is 6.17 Å².